The van der Waals surface area contributed by atoms with Crippen molar-refractivity contribution in [3.8, 4) is 5.75 Å². The van der Waals surface area contributed by atoms with Gasteiger partial charge in [-0.05, 0) is 24.1 Å². The van der Waals surface area contributed by atoms with Gasteiger partial charge in [0.05, 0.1) is 6.54 Å². The van der Waals surface area contributed by atoms with Crippen molar-refractivity contribution in [3.63, 3.8) is 0 Å². The molecule has 0 radical (unpaired) electrons. The van der Waals surface area contributed by atoms with E-state index in [0.717, 1.165) is 5.56 Å². The Kier molecular flexibility index (Phi) is 2.60. The van der Waals surface area contributed by atoms with Crippen molar-refractivity contribution >= 4 is 0 Å². The molecule has 11 heavy (non-hydrogen) atoms. The Balaban J connectivity index is 2.58. The average Bonchev–Trinajstić information content (AvgIpc) is 2.04. The quantitative estimate of drug-likeness (QED) is 0.668. The summed E-state index contributed by atoms with van der Waals surface area (Å²) in [5.74, 6) is 0.243. The maximum Gasteiger partial charge on any atom is 0.115 e. The van der Waals surface area contributed by atoms with E-state index < -0.39 is 0 Å². The van der Waals surface area contributed by atoms with E-state index >= 15 is 0 Å². The number of phenols is 1. The van der Waals surface area contributed by atoms with E-state index in [1.54, 1.807) is 24.3 Å². The van der Waals surface area contributed by atoms with Crippen molar-refractivity contribution < 1.29 is 5.11 Å². The summed E-state index contributed by atoms with van der Waals surface area (Å²) >= 11 is 0. The van der Waals surface area contributed by atoms with Gasteiger partial charge < -0.3 is 5.11 Å². The number of benzene rings is 1. The predicted molar refractivity (Wildman–Crippen MR) is 42.5 cm³/mol. The van der Waals surface area contributed by atoms with Gasteiger partial charge in [-0.2, -0.15) is 4.91 Å². The third-order valence-electron chi connectivity index (χ3n) is 1.43. The van der Waals surface area contributed by atoms with Crippen LogP contribution in [0.3, 0.4) is 0 Å². The summed E-state index contributed by atoms with van der Waals surface area (Å²) < 4.78 is 0. The number of nitroso groups, excluding NO2 is 1. The topological polar surface area (TPSA) is 49.7 Å². The van der Waals surface area contributed by atoms with Gasteiger partial charge in [0.2, 0.25) is 0 Å². The van der Waals surface area contributed by atoms with Gasteiger partial charge in [-0.1, -0.05) is 17.3 Å². The molecule has 0 spiro atoms. The molecule has 0 saturated heterocycles. The lowest BCUT2D eigenvalue weighted by atomic mass is 10.1. The predicted octanol–water partition coefficient (Wildman–Crippen LogP) is 1.70. The van der Waals surface area contributed by atoms with E-state index in [4.69, 9.17) is 5.11 Å². The molecule has 0 saturated carbocycles. The highest BCUT2D eigenvalue weighted by atomic mass is 16.3. The van der Waals surface area contributed by atoms with E-state index in [9.17, 15) is 4.91 Å². The van der Waals surface area contributed by atoms with E-state index in [2.05, 4.69) is 5.18 Å². The summed E-state index contributed by atoms with van der Waals surface area (Å²) in [7, 11) is 0. The zero-order valence-corrected chi connectivity index (χ0v) is 6.03. The Labute approximate surface area is 64.7 Å². The molecule has 1 rings (SSSR count). The molecule has 3 nitrogen and oxygen atoms in total. The van der Waals surface area contributed by atoms with Gasteiger partial charge in [0, 0.05) is 0 Å². The lowest BCUT2D eigenvalue weighted by Gasteiger charge is -1.95. The van der Waals surface area contributed by atoms with Crippen LogP contribution in [0.15, 0.2) is 29.4 Å². The second-order valence-corrected chi connectivity index (χ2v) is 2.27. The fourth-order valence-electron chi connectivity index (χ4n) is 0.837. The van der Waals surface area contributed by atoms with Crippen LogP contribution in [0.1, 0.15) is 5.56 Å². The van der Waals surface area contributed by atoms with Gasteiger partial charge in [0.15, 0.2) is 0 Å². The van der Waals surface area contributed by atoms with Gasteiger partial charge in [-0.15, -0.1) is 0 Å². The molecule has 1 aromatic rings. The molecule has 0 aliphatic rings. The van der Waals surface area contributed by atoms with Crippen LogP contribution in [0.4, 0.5) is 0 Å². The first-order valence-electron chi connectivity index (χ1n) is 3.40. The smallest absolute Gasteiger partial charge is 0.115 e. The summed E-state index contributed by atoms with van der Waals surface area (Å²) in [5.41, 5.74) is 1.02. The molecular formula is C8H9NO2. The first-order valence-corrected chi connectivity index (χ1v) is 3.40. The van der Waals surface area contributed by atoms with E-state index in [1.165, 1.54) is 0 Å². The molecule has 58 valence electrons. The Hall–Kier alpha value is -1.38. The van der Waals surface area contributed by atoms with Crippen LogP contribution < -0.4 is 0 Å². The first-order chi connectivity index (χ1) is 5.33. The van der Waals surface area contributed by atoms with E-state index in [0.29, 0.717) is 13.0 Å². The second kappa shape index (κ2) is 3.71. The highest BCUT2D eigenvalue weighted by molar-refractivity contribution is 5.25. The Morgan fingerprint density at radius 1 is 1.27 bits per heavy atom. The zero-order valence-electron chi connectivity index (χ0n) is 6.03. The highest BCUT2D eigenvalue weighted by Crippen LogP contribution is 2.09. The van der Waals surface area contributed by atoms with Gasteiger partial charge in [-0.3, -0.25) is 0 Å². The fourth-order valence-corrected chi connectivity index (χ4v) is 0.837. The molecular weight excluding hydrogens is 142 g/mol. The Bertz CT molecular complexity index is 230. The van der Waals surface area contributed by atoms with E-state index in [-0.39, 0.29) is 5.75 Å². The molecule has 0 bridgehead atoms. The standard InChI is InChI=1S/C8H9NO2/c10-8-3-1-7(2-4-8)5-6-9-11/h1-4,10H,5-6H2. The van der Waals surface area contributed by atoms with Gasteiger partial charge in [0.1, 0.15) is 5.75 Å². The molecule has 0 fully saturated rings. The van der Waals surface area contributed by atoms with Crippen molar-refractivity contribution in [2.75, 3.05) is 6.54 Å². The van der Waals surface area contributed by atoms with E-state index in [1.807, 2.05) is 0 Å². The lowest BCUT2D eigenvalue weighted by Crippen LogP contribution is -1.86. The summed E-state index contributed by atoms with van der Waals surface area (Å²) in [5, 5.41) is 11.6. The Morgan fingerprint density at radius 3 is 2.45 bits per heavy atom. The van der Waals surface area contributed by atoms with Crippen molar-refractivity contribution in [2.45, 2.75) is 6.42 Å². The maximum atomic E-state index is 9.75. The van der Waals surface area contributed by atoms with Crippen LogP contribution >= 0.6 is 0 Å². The molecule has 0 aromatic heterocycles. The highest BCUT2D eigenvalue weighted by Gasteiger charge is 1.91. The zero-order chi connectivity index (χ0) is 8.10. The minimum Gasteiger partial charge on any atom is -0.508 e. The molecule has 1 aromatic carbocycles. The first kappa shape index (κ1) is 7.72. The summed E-state index contributed by atoms with van der Waals surface area (Å²) in [4.78, 5) is 9.75. The van der Waals surface area contributed by atoms with Crippen molar-refractivity contribution in [1.82, 2.24) is 0 Å². The van der Waals surface area contributed by atoms with Crippen LogP contribution in [0.25, 0.3) is 0 Å². The van der Waals surface area contributed by atoms with Crippen molar-refractivity contribution in [1.29, 1.82) is 0 Å². The molecule has 1 N–H and O–H groups in total. The number of phenolic OH excluding ortho intramolecular Hbond substituents is 1. The normalized spacial score (nSPS) is 9.45. The minimum atomic E-state index is 0.243. The van der Waals surface area contributed by atoms with Gasteiger partial charge in [0.25, 0.3) is 0 Å². The SMILES string of the molecule is O=NCCc1ccc(O)cc1. The number of rotatable bonds is 3. The average molecular weight is 151 g/mol. The largest absolute Gasteiger partial charge is 0.508 e. The number of hydrogen-bond donors (Lipinski definition) is 1. The van der Waals surface area contributed by atoms with Gasteiger partial charge in [-0.25, -0.2) is 0 Å². The molecule has 0 unspecified atom stereocenters. The van der Waals surface area contributed by atoms with Crippen LogP contribution in [0.2, 0.25) is 0 Å². The van der Waals surface area contributed by atoms with Crippen molar-refractivity contribution in [2.24, 2.45) is 5.18 Å². The van der Waals surface area contributed by atoms with Crippen LogP contribution in [0.5, 0.6) is 5.75 Å². The molecule has 0 atom stereocenters. The third kappa shape index (κ3) is 2.37. The molecule has 0 aliphatic heterocycles. The minimum absolute atomic E-state index is 0.243. The summed E-state index contributed by atoms with van der Waals surface area (Å²) in [6.07, 6.45) is 0.643. The fraction of sp³-hybridized carbons (Fsp3) is 0.250. The van der Waals surface area contributed by atoms with Crippen LogP contribution in [0, 0.1) is 4.91 Å². The monoisotopic (exact) mass is 151 g/mol. The van der Waals surface area contributed by atoms with Crippen LogP contribution in [-0.4, -0.2) is 11.7 Å². The molecule has 0 amide bonds. The van der Waals surface area contributed by atoms with Crippen molar-refractivity contribution in [3.05, 3.63) is 34.7 Å². The molecule has 0 heterocycles. The maximum absolute atomic E-state index is 9.75. The number of aromatic hydroxyl groups is 1. The van der Waals surface area contributed by atoms with Gasteiger partial charge >= 0.3 is 0 Å². The lowest BCUT2D eigenvalue weighted by molar-refractivity contribution is 0.475. The molecule has 3 heteroatoms. The third-order valence-corrected chi connectivity index (χ3v) is 1.43. The summed E-state index contributed by atoms with van der Waals surface area (Å²) in [6, 6.07) is 6.75. The summed E-state index contributed by atoms with van der Waals surface area (Å²) in [6.45, 7) is 0.296. The Morgan fingerprint density at radius 2 is 1.91 bits per heavy atom. The number of hydrogen-bond acceptors (Lipinski definition) is 3. The molecule has 0 aliphatic carbocycles. The second-order valence-electron chi connectivity index (χ2n) is 2.27. The number of nitrogens with zero attached hydrogens (tertiary/aromatic N) is 1. The van der Waals surface area contributed by atoms with Crippen LogP contribution in [-0.2, 0) is 6.42 Å².